The molecule has 0 atom stereocenters. The zero-order chi connectivity index (χ0) is 13.2. The summed E-state index contributed by atoms with van der Waals surface area (Å²) >= 11 is 0.692. The van der Waals surface area contributed by atoms with Gasteiger partial charge in [0, 0.05) is 12.3 Å². The van der Waals surface area contributed by atoms with Crippen molar-refractivity contribution in [3.05, 3.63) is 11.1 Å². The van der Waals surface area contributed by atoms with Crippen LogP contribution in [0.4, 0.5) is 22.7 Å². The first-order chi connectivity index (χ1) is 7.75. The maximum absolute atomic E-state index is 12.5. The van der Waals surface area contributed by atoms with E-state index in [1.54, 1.807) is 0 Å². The van der Waals surface area contributed by atoms with E-state index < -0.39 is 24.0 Å². The number of aromatic nitrogens is 1. The highest BCUT2D eigenvalue weighted by atomic mass is 32.1. The lowest BCUT2D eigenvalue weighted by atomic mass is 10.3. The molecule has 0 aliphatic carbocycles. The van der Waals surface area contributed by atoms with E-state index in [1.165, 1.54) is 17.6 Å². The van der Waals surface area contributed by atoms with Crippen LogP contribution < -0.4 is 5.32 Å². The molecular formula is C8H6F4N2O2S. The first kappa shape index (κ1) is 13.6. The van der Waals surface area contributed by atoms with E-state index in [9.17, 15) is 27.2 Å². The number of alkyl halides is 4. The second-order valence-electron chi connectivity index (χ2n) is 2.97. The van der Waals surface area contributed by atoms with Crippen LogP contribution in [0.3, 0.4) is 0 Å². The quantitative estimate of drug-likeness (QED) is 0.674. The molecule has 0 spiro atoms. The molecule has 0 aromatic carbocycles. The smallest absolute Gasteiger partial charge is 0.296 e. The summed E-state index contributed by atoms with van der Waals surface area (Å²) in [4.78, 5) is 25.1. The molecule has 1 amide bonds. The van der Waals surface area contributed by atoms with Gasteiger partial charge < -0.3 is 0 Å². The second-order valence-corrected chi connectivity index (χ2v) is 3.83. The van der Waals surface area contributed by atoms with Crippen molar-refractivity contribution in [2.75, 3.05) is 5.32 Å². The second kappa shape index (κ2) is 4.78. The van der Waals surface area contributed by atoms with E-state index in [0.717, 1.165) is 0 Å². The molecule has 0 aliphatic rings. The molecule has 1 N–H and O–H groups in total. The average molecular weight is 270 g/mol. The van der Waals surface area contributed by atoms with Crippen LogP contribution in [0.2, 0.25) is 0 Å². The van der Waals surface area contributed by atoms with Crippen LogP contribution in [-0.2, 0) is 4.79 Å². The number of nitrogens with one attached hydrogen (secondary N) is 1. The number of amides is 1. The van der Waals surface area contributed by atoms with E-state index in [2.05, 4.69) is 4.98 Å². The minimum Gasteiger partial charge on any atom is -0.296 e. The van der Waals surface area contributed by atoms with Gasteiger partial charge in [0.05, 0.1) is 0 Å². The van der Waals surface area contributed by atoms with Crippen LogP contribution in [0, 0.1) is 0 Å². The number of carbonyl (C=O) groups is 2. The Morgan fingerprint density at radius 3 is 2.47 bits per heavy atom. The predicted octanol–water partition coefficient (Wildman–Crippen LogP) is 2.18. The number of hydrogen-bond donors (Lipinski definition) is 1. The van der Waals surface area contributed by atoms with Crippen molar-refractivity contribution in [2.24, 2.45) is 0 Å². The number of anilines is 1. The van der Waals surface area contributed by atoms with Gasteiger partial charge in [-0.15, -0.1) is 11.3 Å². The van der Waals surface area contributed by atoms with Gasteiger partial charge in [0.1, 0.15) is 5.69 Å². The van der Waals surface area contributed by atoms with Crippen molar-refractivity contribution >= 4 is 28.2 Å². The topological polar surface area (TPSA) is 59.1 Å². The minimum atomic E-state index is -4.79. The van der Waals surface area contributed by atoms with E-state index in [-0.39, 0.29) is 10.8 Å². The van der Waals surface area contributed by atoms with Gasteiger partial charge in [-0.05, 0) is 0 Å². The third kappa shape index (κ3) is 2.99. The Hall–Kier alpha value is -1.51. The van der Waals surface area contributed by atoms with Gasteiger partial charge in [-0.25, -0.2) is 13.8 Å². The predicted molar refractivity (Wildman–Crippen MR) is 51.7 cm³/mol. The fraction of sp³-hybridized carbons (Fsp3) is 0.375. The lowest BCUT2D eigenvalue weighted by molar-refractivity contribution is -0.163. The van der Waals surface area contributed by atoms with Crippen LogP contribution in [0.1, 0.15) is 17.4 Å². The Balaban J connectivity index is 2.78. The number of carbonyl (C=O) groups excluding carboxylic acids is 2. The standard InChI is InChI=1S/C8H6F4N2O2S/c1-3(15)4-2-17-7(13-4)14-6(16)8(11,12)5(9)10/h2,5H,1H3,(H,13,14,16). The third-order valence-electron chi connectivity index (χ3n) is 1.66. The average Bonchev–Trinajstić information content (AvgIpc) is 2.65. The SMILES string of the molecule is CC(=O)c1csc(NC(=O)C(F)(F)C(F)F)n1. The third-order valence-corrected chi connectivity index (χ3v) is 2.42. The largest absolute Gasteiger partial charge is 0.383 e. The molecule has 17 heavy (non-hydrogen) atoms. The van der Waals surface area contributed by atoms with E-state index in [4.69, 9.17) is 0 Å². The molecule has 0 radical (unpaired) electrons. The van der Waals surface area contributed by atoms with Crippen LogP contribution in [0.5, 0.6) is 0 Å². The van der Waals surface area contributed by atoms with Crippen molar-refractivity contribution in [3.63, 3.8) is 0 Å². The van der Waals surface area contributed by atoms with Crippen LogP contribution in [0.25, 0.3) is 0 Å². The maximum atomic E-state index is 12.5. The Kier molecular flexibility index (Phi) is 3.81. The Morgan fingerprint density at radius 2 is 2.06 bits per heavy atom. The Labute approximate surface area is 96.7 Å². The van der Waals surface area contributed by atoms with Crippen molar-refractivity contribution in [1.82, 2.24) is 4.98 Å². The molecule has 1 heterocycles. The van der Waals surface area contributed by atoms with Crippen LogP contribution >= 0.6 is 11.3 Å². The molecule has 9 heteroatoms. The normalized spacial score (nSPS) is 11.6. The van der Waals surface area contributed by atoms with Crippen LogP contribution in [-0.4, -0.2) is 29.0 Å². The number of nitrogens with zero attached hydrogens (tertiary/aromatic N) is 1. The first-order valence-electron chi connectivity index (χ1n) is 4.19. The maximum Gasteiger partial charge on any atom is 0.383 e. The van der Waals surface area contributed by atoms with E-state index >= 15 is 0 Å². The number of ketones is 1. The molecule has 0 saturated heterocycles. The van der Waals surface area contributed by atoms with Gasteiger partial charge in [-0.2, -0.15) is 8.78 Å². The molecule has 1 aromatic rings. The zero-order valence-corrected chi connectivity index (χ0v) is 9.16. The molecule has 0 bridgehead atoms. The molecule has 94 valence electrons. The highest BCUT2D eigenvalue weighted by molar-refractivity contribution is 7.14. The summed E-state index contributed by atoms with van der Waals surface area (Å²) in [5.74, 6) is -7.37. The molecule has 1 aromatic heterocycles. The molecule has 0 aliphatic heterocycles. The van der Waals surface area contributed by atoms with Gasteiger partial charge in [-0.3, -0.25) is 14.9 Å². The Morgan fingerprint density at radius 1 is 1.47 bits per heavy atom. The zero-order valence-electron chi connectivity index (χ0n) is 8.34. The Bertz CT molecular complexity index is 446. The summed E-state index contributed by atoms with van der Waals surface area (Å²) in [7, 11) is 0. The fourth-order valence-corrected chi connectivity index (χ4v) is 1.52. The molecular weight excluding hydrogens is 264 g/mol. The van der Waals surface area contributed by atoms with Crippen molar-refractivity contribution < 1.29 is 27.2 Å². The highest BCUT2D eigenvalue weighted by Gasteiger charge is 2.49. The molecule has 1 rings (SSSR count). The summed E-state index contributed by atoms with van der Waals surface area (Å²) in [6.45, 7) is 1.19. The van der Waals surface area contributed by atoms with Gasteiger partial charge >= 0.3 is 18.3 Å². The summed E-state index contributed by atoms with van der Waals surface area (Å²) < 4.78 is 48.7. The van der Waals surface area contributed by atoms with Gasteiger partial charge in [0.2, 0.25) is 0 Å². The summed E-state index contributed by atoms with van der Waals surface area (Å²) in [5, 5.41) is 2.41. The first-order valence-corrected chi connectivity index (χ1v) is 5.07. The van der Waals surface area contributed by atoms with Crippen molar-refractivity contribution in [3.8, 4) is 0 Å². The molecule has 0 unspecified atom stereocenters. The summed E-state index contributed by atoms with van der Waals surface area (Å²) in [6.07, 6.45) is -4.10. The summed E-state index contributed by atoms with van der Waals surface area (Å²) in [6, 6.07) is 0. The summed E-state index contributed by atoms with van der Waals surface area (Å²) in [5.41, 5.74) is -0.0364. The molecule has 0 saturated carbocycles. The monoisotopic (exact) mass is 270 g/mol. The van der Waals surface area contributed by atoms with E-state index in [0.29, 0.717) is 11.3 Å². The lowest BCUT2D eigenvalue weighted by Crippen LogP contribution is -2.40. The lowest BCUT2D eigenvalue weighted by Gasteiger charge is -2.13. The van der Waals surface area contributed by atoms with Crippen molar-refractivity contribution in [2.45, 2.75) is 19.3 Å². The highest BCUT2D eigenvalue weighted by Crippen LogP contribution is 2.25. The minimum absolute atomic E-state index is 0.0364. The molecule has 0 fully saturated rings. The number of rotatable bonds is 4. The van der Waals surface area contributed by atoms with E-state index in [1.807, 2.05) is 0 Å². The van der Waals surface area contributed by atoms with Crippen LogP contribution in [0.15, 0.2) is 5.38 Å². The fourth-order valence-electron chi connectivity index (χ4n) is 0.772. The number of hydrogen-bond acceptors (Lipinski definition) is 4. The van der Waals surface area contributed by atoms with Gasteiger partial charge in [0.15, 0.2) is 10.9 Å². The number of Topliss-reactive ketones (excluding diaryl/α,β-unsaturated/α-hetero) is 1. The van der Waals surface area contributed by atoms with Gasteiger partial charge in [-0.1, -0.05) is 0 Å². The number of thiazole rings is 1. The van der Waals surface area contributed by atoms with Crippen molar-refractivity contribution in [1.29, 1.82) is 0 Å². The van der Waals surface area contributed by atoms with Gasteiger partial charge in [0.25, 0.3) is 0 Å². The molecule has 4 nitrogen and oxygen atoms in total. The number of halogens is 4.